The molecule has 0 atom stereocenters. The van der Waals surface area contributed by atoms with E-state index in [0.717, 1.165) is 0 Å². The van der Waals surface area contributed by atoms with Gasteiger partial charge in [0.2, 0.25) is 0 Å². The molecule has 0 radical (unpaired) electrons. The van der Waals surface area contributed by atoms with Crippen LogP contribution in [0.5, 0.6) is 0 Å². The Bertz CT molecular complexity index is 64.7. The van der Waals surface area contributed by atoms with E-state index in [0.29, 0.717) is 0 Å². The molecule has 4 nitrogen and oxygen atoms in total. The van der Waals surface area contributed by atoms with Crippen LogP contribution in [0.4, 0.5) is 0 Å². The molecular weight excluding hydrogens is 171 g/mol. The zero-order valence-electron chi connectivity index (χ0n) is 5.31. The largest absolute Gasteiger partial charge is 2.00 e. The Morgan fingerprint density at radius 2 is 1.29 bits per heavy atom. The zero-order valence-corrected chi connectivity index (χ0v) is 7.23. The second-order valence-electron chi connectivity index (χ2n) is 0.513. The van der Waals surface area contributed by atoms with Crippen molar-refractivity contribution in [2.75, 3.05) is 0 Å². The van der Waals surface area contributed by atoms with Crippen LogP contribution in [-0.2, 0) is 4.57 Å². The summed E-state index contributed by atoms with van der Waals surface area (Å²) in [6.07, 6.45) is 0. The molecule has 0 bridgehead atoms. The quantitative estimate of drug-likeness (QED) is 0.338. The van der Waals surface area contributed by atoms with Crippen molar-refractivity contribution >= 4 is 58.0 Å². The van der Waals surface area contributed by atoms with E-state index in [1.165, 1.54) is 0 Å². The first kappa shape index (κ1) is 15.9. The average Bonchev–Trinajstić information content (AvgIpc) is 0.722. The van der Waals surface area contributed by atoms with Crippen molar-refractivity contribution in [2.45, 2.75) is 0 Å². The summed E-state index contributed by atoms with van der Waals surface area (Å²) >= 11 is 0. The predicted octanol–water partition coefficient (Wildman–Crippen LogP) is -0.663. The molecule has 7 heteroatoms. The van der Waals surface area contributed by atoms with Crippen molar-refractivity contribution in [3.8, 4) is 0 Å². The average molecular weight is 177 g/mol. The Labute approximate surface area is 79.5 Å². The van der Waals surface area contributed by atoms with Crippen molar-refractivity contribution in [3.63, 3.8) is 0 Å². The summed E-state index contributed by atoms with van der Waals surface area (Å²) in [5.41, 5.74) is 0. The van der Waals surface area contributed by atoms with E-state index >= 15 is 0 Å². The minimum Gasteiger partial charge on any atom is -1.00 e. The molecule has 0 unspecified atom stereocenters. The van der Waals surface area contributed by atoms with Gasteiger partial charge in [-0.25, -0.2) is 4.57 Å². The minimum atomic E-state index is -4.64. The fraction of sp³-hybridized carbons (Fsp3) is 0. The normalized spacial score (nSPS) is 8.43. The van der Waals surface area contributed by atoms with Gasteiger partial charge in [0.1, 0.15) is 0 Å². The fourth-order valence-electron chi connectivity index (χ4n) is 0. The van der Waals surface area contributed by atoms with Crippen LogP contribution >= 0.6 is 20.2 Å². The second-order valence-corrected chi connectivity index (χ2v) is 1.54. The van der Waals surface area contributed by atoms with Crippen molar-refractivity contribution in [2.24, 2.45) is 0 Å². The first-order chi connectivity index (χ1) is 2.00. The van der Waals surface area contributed by atoms with Crippen LogP contribution in [0.3, 0.4) is 0 Å². The summed E-state index contributed by atoms with van der Waals surface area (Å²) in [6.45, 7) is 0. The minimum absolute atomic E-state index is 0. The van der Waals surface area contributed by atoms with E-state index < -0.39 is 7.82 Å². The van der Waals surface area contributed by atoms with E-state index in [2.05, 4.69) is 0 Å². The van der Waals surface area contributed by atoms with Gasteiger partial charge in [-0.15, -0.1) is 12.4 Å². The standard InChI is InChI=1S/Ca.ClH.H3O4P.2H/c;;1-5(2,3)4;;/h;1H;(H3,1,2,3,4);;/q+2;;;2*-1. The third-order valence-electron chi connectivity index (χ3n) is 0. The van der Waals surface area contributed by atoms with Crippen LogP contribution in [0.15, 0.2) is 0 Å². The molecule has 0 rings (SSSR count). The van der Waals surface area contributed by atoms with Crippen molar-refractivity contribution in [1.29, 1.82) is 0 Å². The Morgan fingerprint density at radius 3 is 1.29 bits per heavy atom. The van der Waals surface area contributed by atoms with Gasteiger partial charge in [-0.05, 0) is 0 Å². The van der Waals surface area contributed by atoms with Gasteiger partial charge in [-0.3, -0.25) is 0 Å². The molecule has 0 amide bonds. The first-order valence-corrected chi connectivity index (χ1v) is 2.35. The van der Waals surface area contributed by atoms with Crippen LogP contribution in [0.25, 0.3) is 0 Å². The molecule has 3 N–H and O–H groups in total. The molecule has 0 saturated heterocycles. The van der Waals surface area contributed by atoms with Gasteiger partial charge in [0.15, 0.2) is 0 Å². The molecule has 44 valence electrons. The molecule has 0 aliphatic rings. The Balaban J connectivity index is -0.0000000133. The summed E-state index contributed by atoms with van der Waals surface area (Å²) in [7, 11) is -4.64. The van der Waals surface area contributed by atoms with E-state index in [9.17, 15) is 0 Å². The van der Waals surface area contributed by atoms with E-state index in [-0.39, 0.29) is 53.0 Å². The van der Waals surface area contributed by atoms with Crippen LogP contribution in [0.2, 0.25) is 0 Å². The van der Waals surface area contributed by atoms with Crippen molar-refractivity contribution < 1.29 is 22.1 Å². The molecule has 0 aromatic rings. The van der Waals surface area contributed by atoms with Gasteiger partial charge in [-0.1, -0.05) is 0 Å². The van der Waals surface area contributed by atoms with Crippen molar-refractivity contribution in [3.05, 3.63) is 0 Å². The fourth-order valence-corrected chi connectivity index (χ4v) is 0. The van der Waals surface area contributed by atoms with Gasteiger partial charge in [-0.2, -0.15) is 0 Å². The number of halogens is 1. The first-order valence-electron chi connectivity index (χ1n) is 0.783. The topological polar surface area (TPSA) is 77.8 Å². The maximum Gasteiger partial charge on any atom is 2.00 e. The van der Waals surface area contributed by atoms with Crippen LogP contribution in [-0.4, -0.2) is 52.4 Å². The Hall–Kier alpha value is 1.66. The van der Waals surface area contributed by atoms with Gasteiger partial charge in [0.25, 0.3) is 0 Å². The number of rotatable bonds is 0. The zero-order chi connectivity index (χ0) is 4.50. The van der Waals surface area contributed by atoms with Crippen LogP contribution in [0.1, 0.15) is 2.85 Å². The molecular formula is H6CaClO4P. The molecule has 7 heavy (non-hydrogen) atoms. The monoisotopic (exact) mass is 176 g/mol. The molecule has 0 aromatic carbocycles. The molecule has 0 spiro atoms. The molecule has 0 aliphatic carbocycles. The summed E-state index contributed by atoms with van der Waals surface area (Å²) in [4.78, 5) is 21.6. The Morgan fingerprint density at radius 1 is 1.29 bits per heavy atom. The van der Waals surface area contributed by atoms with Gasteiger partial charge in [0, 0.05) is 0 Å². The summed E-state index contributed by atoms with van der Waals surface area (Å²) in [5.74, 6) is 0. The molecule has 0 aliphatic heterocycles. The third-order valence-corrected chi connectivity index (χ3v) is 0. The number of hydrogen-bond acceptors (Lipinski definition) is 1. The Kier molecular flexibility index (Phi) is 13.1. The second kappa shape index (κ2) is 5.79. The van der Waals surface area contributed by atoms with E-state index in [4.69, 9.17) is 19.2 Å². The third kappa shape index (κ3) is 89.1. The van der Waals surface area contributed by atoms with Gasteiger partial charge in [0.05, 0.1) is 0 Å². The molecule has 0 heterocycles. The summed E-state index contributed by atoms with van der Waals surface area (Å²) in [6, 6.07) is 0. The van der Waals surface area contributed by atoms with Gasteiger partial charge >= 0.3 is 45.6 Å². The van der Waals surface area contributed by atoms with E-state index in [1.807, 2.05) is 0 Å². The maximum atomic E-state index is 8.88. The summed E-state index contributed by atoms with van der Waals surface area (Å²) in [5, 5.41) is 0. The van der Waals surface area contributed by atoms with Crippen LogP contribution < -0.4 is 0 Å². The number of phosphoric acid groups is 1. The predicted molar refractivity (Wildman–Crippen MR) is 29.5 cm³/mol. The van der Waals surface area contributed by atoms with Crippen molar-refractivity contribution in [1.82, 2.24) is 0 Å². The van der Waals surface area contributed by atoms with E-state index in [1.54, 1.807) is 0 Å². The number of hydrogen-bond donors (Lipinski definition) is 3. The molecule has 0 saturated carbocycles. The molecule has 0 fully saturated rings. The smallest absolute Gasteiger partial charge is 1.00 e. The van der Waals surface area contributed by atoms with Crippen LogP contribution in [0, 0.1) is 0 Å². The summed E-state index contributed by atoms with van der Waals surface area (Å²) < 4.78 is 8.88. The SMILES string of the molecule is Cl.O=P(O)(O)O.[Ca+2].[H-].[H-]. The van der Waals surface area contributed by atoms with Gasteiger partial charge < -0.3 is 17.5 Å². The maximum absolute atomic E-state index is 8.88. The molecule has 0 aromatic heterocycles.